The van der Waals surface area contributed by atoms with E-state index in [2.05, 4.69) is 12.1 Å². The standard InChI is InChI=1S/C13H17F/c14-13-10-6-2-5-9-12(13)11-7-3-1-4-8-11/h1,3-4,7-8,12-13H,2,5-6,9-10H2/t12-,13-/m0/s1. The van der Waals surface area contributed by atoms with Crippen LogP contribution >= 0.6 is 0 Å². The highest BCUT2D eigenvalue weighted by molar-refractivity contribution is 5.20. The summed E-state index contributed by atoms with van der Waals surface area (Å²) in [6.07, 6.45) is 4.58. The van der Waals surface area contributed by atoms with E-state index in [1.54, 1.807) is 0 Å². The van der Waals surface area contributed by atoms with Gasteiger partial charge in [0.25, 0.3) is 0 Å². The molecule has 0 nitrogen and oxygen atoms in total. The van der Waals surface area contributed by atoms with Crippen molar-refractivity contribution in [2.24, 2.45) is 0 Å². The van der Waals surface area contributed by atoms with Gasteiger partial charge in [-0.15, -0.1) is 0 Å². The molecule has 0 bridgehead atoms. The summed E-state index contributed by atoms with van der Waals surface area (Å²) in [5.74, 6) is 0.152. The van der Waals surface area contributed by atoms with Crippen LogP contribution in [-0.4, -0.2) is 6.17 Å². The van der Waals surface area contributed by atoms with E-state index in [4.69, 9.17) is 0 Å². The molecule has 0 amide bonds. The lowest BCUT2D eigenvalue weighted by Crippen LogP contribution is -2.11. The van der Waals surface area contributed by atoms with Crippen LogP contribution in [0.3, 0.4) is 0 Å². The molecule has 1 fully saturated rings. The van der Waals surface area contributed by atoms with Gasteiger partial charge < -0.3 is 0 Å². The van der Waals surface area contributed by atoms with Crippen LogP contribution in [0.15, 0.2) is 30.3 Å². The predicted octanol–water partition coefficient (Wildman–Crippen LogP) is 4.07. The van der Waals surface area contributed by atoms with Gasteiger partial charge in [-0.3, -0.25) is 0 Å². The third-order valence-electron chi connectivity index (χ3n) is 3.16. The molecule has 2 atom stereocenters. The first-order valence-electron chi connectivity index (χ1n) is 5.57. The van der Waals surface area contributed by atoms with Crippen molar-refractivity contribution in [3.63, 3.8) is 0 Å². The zero-order chi connectivity index (χ0) is 9.80. The number of hydrogen-bond acceptors (Lipinski definition) is 0. The van der Waals surface area contributed by atoms with Gasteiger partial charge in [0.2, 0.25) is 0 Å². The molecule has 2 rings (SSSR count). The monoisotopic (exact) mass is 192 g/mol. The Bertz CT molecular complexity index is 268. The molecule has 14 heavy (non-hydrogen) atoms. The van der Waals surface area contributed by atoms with Crippen LogP contribution in [0, 0.1) is 0 Å². The van der Waals surface area contributed by atoms with E-state index in [9.17, 15) is 4.39 Å². The zero-order valence-corrected chi connectivity index (χ0v) is 8.45. The first-order valence-corrected chi connectivity index (χ1v) is 5.57. The summed E-state index contributed by atoms with van der Waals surface area (Å²) < 4.78 is 13.8. The normalized spacial score (nSPS) is 28.4. The Morgan fingerprint density at radius 1 is 0.929 bits per heavy atom. The quantitative estimate of drug-likeness (QED) is 0.588. The molecule has 0 N–H and O–H groups in total. The van der Waals surface area contributed by atoms with Crippen LogP contribution in [0.4, 0.5) is 4.39 Å². The van der Waals surface area contributed by atoms with Gasteiger partial charge in [-0.1, -0.05) is 49.6 Å². The second kappa shape index (κ2) is 4.59. The minimum Gasteiger partial charge on any atom is -0.247 e. The molecule has 1 aromatic carbocycles. The van der Waals surface area contributed by atoms with Crippen LogP contribution in [0.2, 0.25) is 0 Å². The molecule has 1 aliphatic carbocycles. The number of halogens is 1. The lowest BCUT2D eigenvalue weighted by Gasteiger charge is -2.18. The van der Waals surface area contributed by atoms with Gasteiger partial charge in [0.05, 0.1) is 0 Å². The number of rotatable bonds is 1. The Balaban J connectivity index is 2.15. The van der Waals surface area contributed by atoms with Crippen molar-refractivity contribution in [1.82, 2.24) is 0 Å². The Labute approximate surface area is 85.1 Å². The van der Waals surface area contributed by atoms with Crippen molar-refractivity contribution in [2.45, 2.75) is 44.2 Å². The Kier molecular flexibility index (Phi) is 3.18. The summed E-state index contributed by atoms with van der Waals surface area (Å²) in [5.41, 5.74) is 1.18. The summed E-state index contributed by atoms with van der Waals surface area (Å²) in [4.78, 5) is 0. The summed E-state index contributed by atoms with van der Waals surface area (Å²) in [7, 11) is 0. The van der Waals surface area contributed by atoms with Crippen LogP contribution < -0.4 is 0 Å². The topological polar surface area (TPSA) is 0 Å². The molecule has 0 heterocycles. The van der Waals surface area contributed by atoms with Crippen LogP contribution in [-0.2, 0) is 0 Å². The number of benzene rings is 1. The molecular weight excluding hydrogens is 175 g/mol. The fourth-order valence-corrected chi connectivity index (χ4v) is 2.34. The van der Waals surface area contributed by atoms with E-state index in [-0.39, 0.29) is 5.92 Å². The van der Waals surface area contributed by atoms with E-state index in [0.717, 1.165) is 19.3 Å². The summed E-state index contributed by atoms with van der Waals surface area (Å²) in [6.45, 7) is 0. The summed E-state index contributed by atoms with van der Waals surface area (Å²) in [5, 5.41) is 0. The fraction of sp³-hybridized carbons (Fsp3) is 0.538. The van der Waals surface area contributed by atoms with Crippen LogP contribution in [0.25, 0.3) is 0 Å². The second-order valence-corrected chi connectivity index (χ2v) is 4.17. The van der Waals surface area contributed by atoms with E-state index in [1.165, 1.54) is 18.4 Å². The fourth-order valence-electron chi connectivity index (χ4n) is 2.34. The predicted molar refractivity (Wildman–Crippen MR) is 57.2 cm³/mol. The van der Waals surface area contributed by atoms with Crippen LogP contribution in [0.5, 0.6) is 0 Å². The first kappa shape index (κ1) is 9.70. The third kappa shape index (κ3) is 2.14. The minimum atomic E-state index is -0.625. The SMILES string of the molecule is F[C@H]1CCCCC[C@H]1c1ccccc1. The van der Waals surface area contributed by atoms with Gasteiger partial charge in [0.15, 0.2) is 0 Å². The highest BCUT2D eigenvalue weighted by Gasteiger charge is 2.24. The molecule has 1 aromatic rings. The van der Waals surface area contributed by atoms with Gasteiger partial charge in [0, 0.05) is 5.92 Å². The maximum Gasteiger partial charge on any atom is 0.107 e. The Morgan fingerprint density at radius 3 is 2.43 bits per heavy atom. The van der Waals surface area contributed by atoms with Gasteiger partial charge >= 0.3 is 0 Å². The Hall–Kier alpha value is -0.850. The smallest absolute Gasteiger partial charge is 0.107 e. The molecule has 0 radical (unpaired) electrons. The van der Waals surface area contributed by atoms with E-state index in [0.29, 0.717) is 0 Å². The number of alkyl halides is 1. The van der Waals surface area contributed by atoms with Crippen molar-refractivity contribution in [2.75, 3.05) is 0 Å². The van der Waals surface area contributed by atoms with Gasteiger partial charge in [-0.2, -0.15) is 0 Å². The lowest BCUT2D eigenvalue weighted by atomic mass is 9.90. The summed E-state index contributed by atoms with van der Waals surface area (Å²) in [6, 6.07) is 10.1. The van der Waals surface area contributed by atoms with Gasteiger partial charge in [0.1, 0.15) is 6.17 Å². The van der Waals surface area contributed by atoms with Crippen molar-refractivity contribution < 1.29 is 4.39 Å². The highest BCUT2D eigenvalue weighted by Crippen LogP contribution is 2.33. The molecule has 0 saturated heterocycles. The molecule has 1 aliphatic rings. The largest absolute Gasteiger partial charge is 0.247 e. The molecule has 1 heteroatoms. The summed E-state index contributed by atoms with van der Waals surface area (Å²) >= 11 is 0. The van der Waals surface area contributed by atoms with Crippen molar-refractivity contribution in [3.8, 4) is 0 Å². The maximum atomic E-state index is 13.8. The molecule has 1 saturated carbocycles. The highest BCUT2D eigenvalue weighted by atomic mass is 19.1. The van der Waals surface area contributed by atoms with Gasteiger partial charge in [-0.25, -0.2) is 4.39 Å². The third-order valence-corrected chi connectivity index (χ3v) is 3.16. The van der Waals surface area contributed by atoms with E-state index >= 15 is 0 Å². The van der Waals surface area contributed by atoms with E-state index in [1.807, 2.05) is 18.2 Å². The Morgan fingerprint density at radius 2 is 1.64 bits per heavy atom. The van der Waals surface area contributed by atoms with Gasteiger partial charge in [-0.05, 0) is 18.4 Å². The number of hydrogen-bond donors (Lipinski definition) is 0. The van der Waals surface area contributed by atoms with Crippen molar-refractivity contribution in [3.05, 3.63) is 35.9 Å². The average molecular weight is 192 g/mol. The van der Waals surface area contributed by atoms with Crippen molar-refractivity contribution >= 4 is 0 Å². The molecule has 0 aliphatic heterocycles. The molecule has 0 aromatic heterocycles. The second-order valence-electron chi connectivity index (χ2n) is 4.17. The maximum absolute atomic E-state index is 13.8. The molecule has 0 unspecified atom stereocenters. The van der Waals surface area contributed by atoms with E-state index < -0.39 is 6.17 Å². The zero-order valence-electron chi connectivity index (χ0n) is 8.45. The molecule has 0 spiro atoms. The lowest BCUT2D eigenvalue weighted by molar-refractivity contribution is 0.266. The average Bonchev–Trinajstić information content (AvgIpc) is 2.44. The molecular formula is C13H17F. The first-order chi connectivity index (χ1) is 6.88. The van der Waals surface area contributed by atoms with Crippen molar-refractivity contribution in [1.29, 1.82) is 0 Å². The minimum absolute atomic E-state index is 0.152. The molecule has 76 valence electrons. The van der Waals surface area contributed by atoms with Crippen LogP contribution in [0.1, 0.15) is 43.6 Å².